The topological polar surface area (TPSA) is 87.6 Å². The van der Waals surface area contributed by atoms with Crippen molar-refractivity contribution in [2.24, 2.45) is 0 Å². The number of hydrogen-bond donors (Lipinski definition) is 0. The Morgan fingerprint density at radius 1 is 1.21 bits per heavy atom. The van der Waals surface area contributed by atoms with Crippen LogP contribution >= 0.6 is 11.3 Å². The SMILES string of the molecule is Cc1cc(-c2nn3c([C@H]4COc5ccccc5O4)nnc3s2)no1. The highest BCUT2D eigenvalue weighted by Crippen LogP contribution is 2.36. The van der Waals surface area contributed by atoms with Gasteiger partial charge in [-0.25, -0.2) is 0 Å². The molecule has 0 unspecified atom stereocenters. The van der Waals surface area contributed by atoms with Crippen molar-refractivity contribution in [2.45, 2.75) is 13.0 Å². The van der Waals surface area contributed by atoms with E-state index in [-0.39, 0.29) is 6.10 Å². The van der Waals surface area contributed by atoms with Crippen LogP contribution in [0.15, 0.2) is 34.9 Å². The van der Waals surface area contributed by atoms with E-state index in [4.69, 9.17) is 14.0 Å². The van der Waals surface area contributed by atoms with Crippen molar-refractivity contribution < 1.29 is 14.0 Å². The highest BCUT2D eigenvalue weighted by molar-refractivity contribution is 7.19. The molecule has 0 amide bonds. The number of para-hydroxylation sites is 2. The second-order valence-corrected chi connectivity index (χ2v) is 6.30. The third kappa shape index (κ3) is 2.05. The molecule has 120 valence electrons. The fraction of sp³-hybridized carbons (Fsp3) is 0.200. The summed E-state index contributed by atoms with van der Waals surface area (Å²) in [6.45, 7) is 2.20. The van der Waals surface area contributed by atoms with E-state index in [2.05, 4.69) is 20.5 Å². The Kier molecular flexibility index (Phi) is 2.83. The number of fused-ring (bicyclic) bond motifs is 2. The van der Waals surface area contributed by atoms with Crippen LogP contribution in [0.1, 0.15) is 17.7 Å². The van der Waals surface area contributed by atoms with E-state index in [0.29, 0.717) is 28.8 Å². The lowest BCUT2D eigenvalue weighted by Crippen LogP contribution is -2.23. The number of hydrogen-bond acceptors (Lipinski definition) is 8. The van der Waals surface area contributed by atoms with Gasteiger partial charge >= 0.3 is 0 Å². The summed E-state index contributed by atoms with van der Waals surface area (Å²) in [7, 11) is 0. The smallest absolute Gasteiger partial charge is 0.235 e. The second-order valence-electron chi connectivity index (χ2n) is 5.35. The molecule has 0 bridgehead atoms. The Hall–Kier alpha value is -2.94. The minimum atomic E-state index is -0.371. The van der Waals surface area contributed by atoms with E-state index in [1.165, 1.54) is 11.3 Å². The van der Waals surface area contributed by atoms with Crippen LogP contribution in [-0.2, 0) is 0 Å². The van der Waals surface area contributed by atoms with Crippen molar-refractivity contribution in [3.8, 4) is 22.2 Å². The third-order valence-electron chi connectivity index (χ3n) is 3.66. The molecule has 0 fully saturated rings. The summed E-state index contributed by atoms with van der Waals surface area (Å²) < 4.78 is 18.5. The molecular weight excluding hydrogens is 330 g/mol. The van der Waals surface area contributed by atoms with E-state index >= 15 is 0 Å². The first-order valence-corrected chi connectivity index (χ1v) is 8.14. The molecule has 1 aromatic carbocycles. The predicted molar refractivity (Wildman–Crippen MR) is 84.2 cm³/mol. The van der Waals surface area contributed by atoms with Crippen LogP contribution < -0.4 is 9.47 Å². The fourth-order valence-electron chi connectivity index (χ4n) is 2.55. The molecule has 1 atom stereocenters. The second kappa shape index (κ2) is 5.03. The molecule has 4 aromatic rings. The number of ether oxygens (including phenoxy) is 2. The molecule has 24 heavy (non-hydrogen) atoms. The Bertz CT molecular complexity index is 1040. The molecule has 4 heterocycles. The minimum Gasteiger partial charge on any atom is -0.485 e. The summed E-state index contributed by atoms with van der Waals surface area (Å²) in [6.07, 6.45) is -0.371. The van der Waals surface area contributed by atoms with E-state index in [9.17, 15) is 0 Å². The van der Waals surface area contributed by atoms with Gasteiger partial charge in [0.15, 0.2) is 28.4 Å². The van der Waals surface area contributed by atoms with Crippen LogP contribution in [0.25, 0.3) is 15.7 Å². The normalized spacial score (nSPS) is 16.6. The highest BCUT2D eigenvalue weighted by atomic mass is 32.1. The van der Waals surface area contributed by atoms with Gasteiger partial charge in [-0.15, -0.1) is 10.2 Å². The van der Waals surface area contributed by atoms with Gasteiger partial charge in [-0.05, 0) is 19.1 Å². The van der Waals surface area contributed by atoms with Crippen molar-refractivity contribution in [1.82, 2.24) is 25.0 Å². The number of benzene rings is 1. The molecule has 8 nitrogen and oxygen atoms in total. The van der Waals surface area contributed by atoms with Gasteiger partial charge in [0.2, 0.25) is 4.96 Å². The van der Waals surface area contributed by atoms with E-state index in [1.807, 2.05) is 37.3 Å². The fourth-order valence-corrected chi connectivity index (χ4v) is 3.35. The molecule has 1 aliphatic heterocycles. The molecule has 0 aliphatic carbocycles. The molecule has 3 aromatic heterocycles. The summed E-state index contributed by atoms with van der Waals surface area (Å²) in [5, 5.41) is 17.6. The summed E-state index contributed by atoms with van der Waals surface area (Å²) in [6, 6.07) is 9.38. The molecule has 1 aliphatic rings. The zero-order chi connectivity index (χ0) is 16.1. The molecule has 0 radical (unpaired) electrons. The Morgan fingerprint density at radius 3 is 2.92 bits per heavy atom. The molecule has 0 saturated carbocycles. The van der Waals surface area contributed by atoms with E-state index in [0.717, 1.165) is 16.5 Å². The number of aryl methyl sites for hydroxylation is 1. The van der Waals surface area contributed by atoms with Crippen molar-refractivity contribution in [2.75, 3.05) is 6.61 Å². The first-order chi connectivity index (χ1) is 11.8. The van der Waals surface area contributed by atoms with Gasteiger partial charge in [-0.1, -0.05) is 28.6 Å². The zero-order valence-electron chi connectivity index (χ0n) is 12.5. The maximum absolute atomic E-state index is 5.99. The lowest BCUT2D eigenvalue weighted by molar-refractivity contribution is 0.0836. The Labute approximate surface area is 139 Å². The van der Waals surface area contributed by atoms with Crippen molar-refractivity contribution in [3.05, 3.63) is 41.9 Å². The largest absolute Gasteiger partial charge is 0.485 e. The number of aromatic nitrogens is 5. The van der Waals surface area contributed by atoms with Crippen LogP contribution in [-0.4, -0.2) is 31.6 Å². The molecule has 0 saturated heterocycles. The maximum atomic E-state index is 5.99. The van der Waals surface area contributed by atoms with Crippen molar-refractivity contribution in [1.29, 1.82) is 0 Å². The van der Waals surface area contributed by atoms with E-state index in [1.54, 1.807) is 4.52 Å². The van der Waals surface area contributed by atoms with Crippen LogP contribution in [0, 0.1) is 6.92 Å². The molecule has 9 heteroatoms. The van der Waals surface area contributed by atoms with Crippen LogP contribution in [0.2, 0.25) is 0 Å². The average molecular weight is 341 g/mol. The van der Waals surface area contributed by atoms with Gasteiger partial charge < -0.3 is 14.0 Å². The quantitative estimate of drug-likeness (QED) is 0.554. The van der Waals surface area contributed by atoms with Crippen molar-refractivity contribution in [3.63, 3.8) is 0 Å². The molecule has 0 spiro atoms. The van der Waals surface area contributed by atoms with Crippen LogP contribution in [0.4, 0.5) is 0 Å². The first kappa shape index (κ1) is 13.5. The summed E-state index contributed by atoms with van der Waals surface area (Å²) in [5.74, 6) is 2.75. The van der Waals surface area contributed by atoms with Crippen LogP contribution in [0.5, 0.6) is 11.5 Å². The highest BCUT2D eigenvalue weighted by Gasteiger charge is 2.28. The first-order valence-electron chi connectivity index (χ1n) is 7.32. The van der Waals surface area contributed by atoms with Gasteiger partial charge in [0, 0.05) is 6.07 Å². The zero-order valence-corrected chi connectivity index (χ0v) is 13.4. The van der Waals surface area contributed by atoms with E-state index < -0.39 is 0 Å². The third-order valence-corrected chi connectivity index (χ3v) is 4.58. The monoisotopic (exact) mass is 341 g/mol. The summed E-state index contributed by atoms with van der Waals surface area (Å²) >= 11 is 1.39. The lowest BCUT2D eigenvalue weighted by Gasteiger charge is -2.24. The minimum absolute atomic E-state index is 0.355. The Morgan fingerprint density at radius 2 is 2.08 bits per heavy atom. The van der Waals surface area contributed by atoms with Gasteiger partial charge in [0.25, 0.3) is 0 Å². The standard InChI is InChI=1S/C15H11N5O3S/c1-8-6-9(19-23-8)14-18-20-13(16-17-15(20)24-14)12-7-21-10-4-2-3-5-11(10)22-12/h2-6,12H,7H2,1H3/t12-/m1/s1. The van der Waals surface area contributed by atoms with Gasteiger partial charge in [0.05, 0.1) is 0 Å². The van der Waals surface area contributed by atoms with Crippen LogP contribution in [0.3, 0.4) is 0 Å². The van der Waals surface area contributed by atoms with Gasteiger partial charge in [-0.2, -0.15) is 9.61 Å². The molecule has 0 N–H and O–H groups in total. The lowest BCUT2D eigenvalue weighted by atomic mass is 10.2. The van der Waals surface area contributed by atoms with Gasteiger partial charge in [-0.3, -0.25) is 0 Å². The number of rotatable bonds is 2. The summed E-state index contributed by atoms with van der Waals surface area (Å²) in [5.41, 5.74) is 0.681. The average Bonchev–Trinajstić information content (AvgIpc) is 3.29. The predicted octanol–water partition coefficient (Wildman–Crippen LogP) is 2.66. The Balaban J connectivity index is 1.53. The van der Waals surface area contributed by atoms with Crippen molar-refractivity contribution >= 4 is 16.3 Å². The summed E-state index contributed by atoms with van der Waals surface area (Å²) in [4.78, 5) is 0.670. The maximum Gasteiger partial charge on any atom is 0.235 e. The number of nitrogens with zero attached hydrogens (tertiary/aromatic N) is 5. The van der Waals surface area contributed by atoms with Gasteiger partial charge in [0.1, 0.15) is 18.1 Å². The molecule has 5 rings (SSSR count). The molecular formula is C15H11N5O3S.